The topological polar surface area (TPSA) is 73.1 Å². The highest BCUT2D eigenvalue weighted by atomic mass is 19.1. The third-order valence-corrected chi connectivity index (χ3v) is 3.51. The van der Waals surface area contributed by atoms with Crippen molar-refractivity contribution in [2.24, 2.45) is 14.1 Å². The molecule has 0 saturated heterocycles. The first-order valence-corrected chi connectivity index (χ1v) is 7.35. The summed E-state index contributed by atoms with van der Waals surface area (Å²) in [5.41, 5.74) is 0.259. The van der Waals surface area contributed by atoms with Crippen molar-refractivity contribution in [1.29, 1.82) is 0 Å². The van der Waals surface area contributed by atoms with E-state index < -0.39 is 11.2 Å². The van der Waals surface area contributed by atoms with E-state index in [9.17, 15) is 18.8 Å². The highest BCUT2D eigenvalue weighted by Crippen LogP contribution is 2.02. The minimum absolute atomic E-state index is 0.244. The maximum atomic E-state index is 12.8. The maximum absolute atomic E-state index is 12.8. The first-order chi connectivity index (χ1) is 11.4. The van der Waals surface area contributed by atoms with Gasteiger partial charge in [-0.25, -0.2) is 9.18 Å². The number of carbonyl (C=O) groups excluding carboxylic acids is 1. The number of aryl methyl sites for hydroxylation is 1. The van der Waals surface area contributed by atoms with Gasteiger partial charge in [-0.15, -0.1) is 0 Å². The van der Waals surface area contributed by atoms with Crippen LogP contribution < -0.4 is 16.6 Å². The van der Waals surface area contributed by atoms with Crippen LogP contribution in [0.1, 0.15) is 11.1 Å². The number of aromatic nitrogens is 2. The SMILES string of the molecule is Cn1cc(/C=C/C(=O)NCCc2ccc(F)cc2)c(=O)n(C)c1=O. The third kappa shape index (κ3) is 4.28. The summed E-state index contributed by atoms with van der Waals surface area (Å²) >= 11 is 0. The van der Waals surface area contributed by atoms with Gasteiger partial charge in [-0.2, -0.15) is 0 Å². The van der Waals surface area contributed by atoms with Crippen LogP contribution in [0.25, 0.3) is 6.08 Å². The van der Waals surface area contributed by atoms with Gasteiger partial charge in [-0.3, -0.25) is 14.2 Å². The highest BCUT2D eigenvalue weighted by molar-refractivity contribution is 5.91. The summed E-state index contributed by atoms with van der Waals surface area (Å²) in [4.78, 5) is 35.3. The molecule has 7 heteroatoms. The molecule has 0 aliphatic carbocycles. The Bertz CT molecular complexity index is 879. The van der Waals surface area contributed by atoms with Crippen LogP contribution in [0.4, 0.5) is 4.39 Å². The summed E-state index contributed by atoms with van der Waals surface area (Å²) < 4.78 is 15.0. The van der Waals surface area contributed by atoms with Gasteiger partial charge in [0.2, 0.25) is 5.91 Å². The number of nitrogens with zero attached hydrogens (tertiary/aromatic N) is 2. The van der Waals surface area contributed by atoms with Gasteiger partial charge in [0.05, 0.1) is 5.56 Å². The van der Waals surface area contributed by atoms with Crippen LogP contribution in [-0.2, 0) is 25.3 Å². The zero-order valence-electron chi connectivity index (χ0n) is 13.5. The van der Waals surface area contributed by atoms with Gasteiger partial charge in [0.15, 0.2) is 0 Å². The Labute approximate surface area is 137 Å². The quantitative estimate of drug-likeness (QED) is 0.815. The Morgan fingerprint density at radius 3 is 2.54 bits per heavy atom. The van der Waals surface area contributed by atoms with Crippen molar-refractivity contribution in [3.8, 4) is 0 Å². The van der Waals surface area contributed by atoms with E-state index in [2.05, 4.69) is 5.32 Å². The Morgan fingerprint density at radius 1 is 1.21 bits per heavy atom. The van der Waals surface area contributed by atoms with Crippen LogP contribution in [0, 0.1) is 5.82 Å². The van der Waals surface area contributed by atoms with Crippen LogP contribution in [0.15, 0.2) is 46.1 Å². The fourth-order valence-corrected chi connectivity index (χ4v) is 2.16. The van der Waals surface area contributed by atoms with Crippen LogP contribution in [0.3, 0.4) is 0 Å². The molecule has 0 aliphatic rings. The Kier molecular flexibility index (Phi) is 5.47. The third-order valence-electron chi connectivity index (χ3n) is 3.51. The van der Waals surface area contributed by atoms with Crippen molar-refractivity contribution in [3.05, 3.63) is 74.3 Å². The van der Waals surface area contributed by atoms with Crippen molar-refractivity contribution < 1.29 is 9.18 Å². The summed E-state index contributed by atoms with van der Waals surface area (Å²) in [6.45, 7) is 0.389. The molecular formula is C17H18FN3O3. The Morgan fingerprint density at radius 2 is 1.88 bits per heavy atom. The molecule has 2 rings (SSSR count). The lowest BCUT2D eigenvalue weighted by molar-refractivity contribution is -0.116. The van der Waals surface area contributed by atoms with Gasteiger partial charge in [-0.05, 0) is 30.2 Å². The minimum Gasteiger partial charge on any atom is -0.352 e. The monoisotopic (exact) mass is 331 g/mol. The molecule has 0 spiro atoms. The Hall–Kier alpha value is -2.96. The number of hydrogen-bond acceptors (Lipinski definition) is 3. The number of benzene rings is 1. The largest absolute Gasteiger partial charge is 0.352 e. The molecule has 126 valence electrons. The lowest BCUT2D eigenvalue weighted by atomic mass is 10.1. The molecule has 0 atom stereocenters. The summed E-state index contributed by atoms with van der Waals surface area (Å²) in [5.74, 6) is -0.655. The molecule has 0 unspecified atom stereocenters. The van der Waals surface area contributed by atoms with Gasteiger partial charge in [0, 0.05) is 32.9 Å². The van der Waals surface area contributed by atoms with E-state index in [1.807, 2.05) is 0 Å². The van der Waals surface area contributed by atoms with E-state index >= 15 is 0 Å². The van der Waals surface area contributed by atoms with E-state index in [0.29, 0.717) is 13.0 Å². The summed E-state index contributed by atoms with van der Waals surface area (Å²) in [6.07, 6.45) is 4.56. The minimum atomic E-state index is -0.464. The van der Waals surface area contributed by atoms with Crippen molar-refractivity contribution >= 4 is 12.0 Å². The average molecular weight is 331 g/mol. The zero-order chi connectivity index (χ0) is 17.7. The van der Waals surface area contributed by atoms with Crippen LogP contribution in [-0.4, -0.2) is 21.6 Å². The molecular weight excluding hydrogens is 313 g/mol. The van der Waals surface area contributed by atoms with E-state index in [1.165, 1.54) is 49.1 Å². The smallest absolute Gasteiger partial charge is 0.330 e. The predicted octanol–water partition coefficient (Wildman–Crippen LogP) is 0.595. The van der Waals surface area contributed by atoms with Gasteiger partial charge in [-0.1, -0.05) is 12.1 Å². The van der Waals surface area contributed by atoms with Crippen molar-refractivity contribution in [2.75, 3.05) is 6.54 Å². The number of halogens is 1. The molecule has 1 N–H and O–H groups in total. The van der Waals surface area contributed by atoms with Crippen molar-refractivity contribution in [3.63, 3.8) is 0 Å². The summed E-state index contributed by atoms with van der Waals surface area (Å²) in [5, 5.41) is 2.68. The van der Waals surface area contributed by atoms with Gasteiger partial charge >= 0.3 is 5.69 Å². The number of rotatable bonds is 5. The standard InChI is InChI=1S/C17H18FN3O3/c1-20-11-13(16(23)21(2)17(20)24)5-8-15(22)19-10-9-12-3-6-14(18)7-4-12/h3-8,11H,9-10H2,1-2H3,(H,19,22)/b8-5+. The lowest BCUT2D eigenvalue weighted by Gasteiger charge is -2.04. The molecule has 0 saturated carbocycles. The second-order valence-corrected chi connectivity index (χ2v) is 5.34. The molecule has 2 aromatic rings. The fourth-order valence-electron chi connectivity index (χ4n) is 2.16. The molecule has 1 aromatic heterocycles. The first kappa shape index (κ1) is 17.4. The molecule has 1 heterocycles. The molecule has 0 fully saturated rings. The molecule has 0 bridgehead atoms. The van der Waals surface area contributed by atoms with Crippen molar-refractivity contribution in [1.82, 2.24) is 14.5 Å². The Balaban J connectivity index is 1.95. The molecule has 0 aliphatic heterocycles. The fraction of sp³-hybridized carbons (Fsp3) is 0.235. The first-order valence-electron chi connectivity index (χ1n) is 7.35. The molecule has 24 heavy (non-hydrogen) atoms. The predicted molar refractivity (Wildman–Crippen MR) is 89.1 cm³/mol. The summed E-state index contributed by atoms with van der Waals surface area (Å²) in [6, 6.07) is 6.05. The molecule has 1 amide bonds. The normalized spacial score (nSPS) is 11.0. The van der Waals surface area contributed by atoms with E-state index in [1.54, 1.807) is 12.1 Å². The second kappa shape index (κ2) is 7.54. The number of carbonyl (C=O) groups is 1. The van der Waals surface area contributed by atoms with E-state index in [0.717, 1.165) is 10.1 Å². The average Bonchev–Trinajstić information content (AvgIpc) is 2.57. The molecule has 0 radical (unpaired) electrons. The highest BCUT2D eigenvalue weighted by Gasteiger charge is 2.04. The van der Waals surface area contributed by atoms with Crippen molar-refractivity contribution in [2.45, 2.75) is 6.42 Å². The van der Waals surface area contributed by atoms with Gasteiger partial charge in [0.1, 0.15) is 5.82 Å². The summed E-state index contributed by atoms with van der Waals surface area (Å²) in [7, 11) is 2.91. The number of nitrogens with one attached hydrogen (secondary N) is 1. The van der Waals surface area contributed by atoms with Crippen LogP contribution in [0.5, 0.6) is 0 Å². The van der Waals surface area contributed by atoms with Crippen LogP contribution >= 0.6 is 0 Å². The second-order valence-electron chi connectivity index (χ2n) is 5.34. The van der Waals surface area contributed by atoms with Gasteiger partial charge < -0.3 is 9.88 Å². The van der Waals surface area contributed by atoms with E-state index in [-0.39, 0.29) is 17.3 Å². The maximum Gasteiger partial charge on any atom is 0.330 e. The molecule has 6 nitrogen and oxygen atoms in total. The zero-order valence-corrected chi connectivity index (χ0v) is 13.5. The van der Waals surface area contributed by atoms with E-state index in [4.69, 9.17) is 0 Å². The van der Waals surface area contributed by atoms with Crippen LogP contribution in [0.2, 0.25) is 0 Å². The lowest BCUT2D eigenvalue weighted by Crippen LogP contribution is -2.37. The number of hydrogen-bond donors (Lipinski definition) is 1. The van der Waals surface area contributed by atoms with Gasteiger partial charge in [0.25, 0.3) is 5.56 Å². The number of amides is 1. The molecule has 1 aromatic carbocycles.